The number of hydrogen-bond donors (Lipinski definition) is 1. The van der Waals surface area contributed by atoms with Crippen molar-refractivity contribution in [1.82, 2.24) is 5.32 Å². The van der Waals surface area contributed by atoms with Crippen LogP contribution >= 0.6 is 0 Å². The van der Waals surface area contributed by atoms with Gasteiger partial charge < -0.3 is 19.5 Å². The van der Waals surface area contributed by atoms with Crippen molar-refractivity contribution in [2.45, 2.75) is 19.3 Å². The standard InChI is InChI=1S/C24H25NO4/c1-16(18-4-5-20-15-21(27-2)7-6-19(20)14-18)24(26)25-10-9-17-3-8-22-23(13-17)29-12-11-28-22/h3-8,13-16H,9-12H2,1-2H3,(H,25,26). The minimum Gasteiger partial charge on any atom is -0.497 e. The molecule has 1 unspecified atom stereocenters. The van der Waals surface area contributed by atoms with Gasteiger partial charge in [-0.25, -0.2) is 0 Å². The summed E-state index contributed by atoms with van der Waals surface area (Å²) in [5.41, 5.74) is 2.11. The maximum atomic E-state index is 12.6. The van der Waals surface area contributed by atoms with Crippen molar-refractivity contribution in [3.05, 3.63) is 65.7 Å². The van der Waals surface area contributed by atoms with E-state index in [1.165, 1.54) is 0 Å². The second-order valence-corrected chi connectivity index (χ2v) is 7.21. The highest BCUT2D eigenvalue weighted by molar-refractivity contribution is 5.88. The van der Waals surface area contributed by atoms with Gasteiger partial charge in [-0.05, 0) is 59.5 Å². The summed E-state index contributed by atoms with van der Waals surface area (Å²) in [5.74, 6) is 2.19. The maximum Gasteiger partial charge on any atom is 0.227 e. The van der Waals surface area contributed by atoms with E-state index in [-0.39, 0.29) is 11.8 Å². The number of carbonyl (C=O) groups excluding carboxylic acids is 1. The second-order valence-electron chi connectivity index (χ2n) is 7.21. The van der Waals surface area contributed by atoms with Crippen LogP contribution < -0.4 is 19.5 Å². The van der Waals surface area contributed by atoms with Gasteiger partial charge in [-0.1, -0.05) is 30.3 Å². The third-order valence-electron chi connectivity index (χ3n) is 5.28. The first-order valence-electron chi connectivity index (χ1n) is 9.88. The number of methoxy groups -OCH3 is 1. The molecule has 0 fully saturated rings. The van der Waals surface area contributed by atoms with Gasteiger partial charge in [0, 0.05) is 6.54 Å². The van der Waals surface area contributed by atoms with Crippen molar-refractivity contribution in [1.29, 1.82) is 0 Å². The molecule has 1 aliphatic rings. The van der Waals surface area contributed by atoms with Gasteiger partial charge in [-0.2, -0.15) is 0 Å². The molecule has 0 bridgehead atoms. The average Bonchev–Trinajstić information content (AvgIpc) is 2.77. The minimum atomic E-state index is -0.221. The number of hydrogen-bond acceptors (Lipinski definition) is 4. The molecule has 29 heavy (non-hydrogen) atoms. The lowest BCUT2D eigenvalue weighted by Gasteiger charge is -2.19. The molecule has 0 aromatic heterocycles. The van der Waals surface area contributed by atoms with Gasteiger partial charge in [0.2, 0.25) is 5.91 Å². The maximum absolute atomic E-state index is 12.6. The summed E-state index contributed by atoms with van der Waals surface area (Å²) in [6.45, 7) is 3.67. The van der Waals surface area contributed by atoms with E-state index in [1.807, 2.05) is 55.5 Å². The third-order valence-corrected chi connectivity index (χ3v) is 5.28. The molecule has 1 heterocycles. The lowest BCUT2D eigenvalue weighted by molar-refractivity contribution is -0.122. The monoisotopic (exact) mass is 391 g/mol. The van der Waals surface area contributed by atoms with Crippen LogP contribution in [-0.4, -0.2) is 32.8 Å². The average molecular weight is 391 g/mol. The predicted octanol–water partition coefficient (Wildman–Crippen LogP) is 4.08. The molecule has 5 heteroatoms. The Balaban J connectivity index is 1.36. The SMILES string of the molecule is COc1ccc2cc(C(C)C(=O)NCCc3ccc4c(c3)OCCO4)ccc2c1. The summed E-state index contributed by atoms with van der Waals surface area (Å²) in [6.07, 6.45) is 0.743. The molecular weight excluding hydrogens is 366 g/mol. The van der Waals surface area contributed by atoms with E-state index >= 15 is 0 Å². The quantitative estimate of drug-likeness (QED) is 0.688. The van der Waals surface area contributed by atoms with Crippen LogP contribution in [0.4, 0.5) is 0 Å². The molecular formula is C24H25NO4. The molecule has 1 atom stereocenters. The van der Waals surface area contributed by atoms with Crippen LogP contribution in [0.2, 0.25) is 0 Å². The smallest absolute Gasteiger partial charge is 0.227 e. The topological polar surface area (TPSA) is 56.8 Å². The third kappa shape index (κ3) is 4.29. The highest BCUT2D eigenvalue weighted by Crippen LogP contribution is 2.31. The Bertz CT molecular complexity index is 1030. The number of ether oxygens (including phenoxy) is 3. The van der Waals surface area contributed by atoms with E-state index < -0.39 is 0 Å². The molecule has 1 aliphatic heterocycles. The van der Waals surface area contributed by atoms with Crippen LogP contribution in [0.25, 0.3) is 10.8 Å². The molecule has 0 saturated carbocycles. The van der Waals surface area contributed by atoms with Gasteiger partial charge in [0.1, 0.15) is 19.0 Å². The fraction of sp³-hybridized carbons (Fsp3) is 0.292. The molecule has 0 spiro atoms. The fourth-order valence-electron chi connectivity index (χ4n) is 3.52. The molecule has 1 amide bonds. The molecule has 0 aliphatic carbocycles. The zero-order valence-electron chi connectivity index (χ0n) is 16.7. The number of fused-ring (bicyclic) bond motifs is 2. The number of nitrogens with one attached hydrogen (secondary N) is 1. The first kappa shape index (κ1) is 19.1. The van der Waals surface area contributed by atoms with Crippen LogP contribution in [0.3, 0.4) is 0 Å². The van der Waals surface area contributed by atoms with Crippen molar-refractivity contribution in [3.63, 3.8) is 0 Å². The summed E-state index contributed by atoms with van der Waals surface area (Å²) < 4.78 is 16.4. The van der Waals surface area contributed by atoms with Crippen molar-refractivity contribution in [2.24, 2.45) is 0 Å². The Morgan fingerprint density at radius 1 is 1.00 bits per heavy atom. The van der Waals surface area contributed by atoms with Gasteiger partial charge in [-0.15, -0.1) is 0 Å². The van der Waals surface area contributed by atoms with Crippen LogP contribution in [0.1, 0.15) is 24.0 Å². The molecule has 0 saturated heterocycles. The Kier molecular flexibility index (Phi) is 5.56. The summed E-state index contributed by atoms with van der Waals surface area (Å²) in [7, 11) is 1.66. The summed E-state index contributed by atoms with van der Waals surface area (Å²) in [4.78, 5) is 12.6. The molecule has 150 valence electrons. The lowest BCUT2D eigenvalue weighted by atomic mass is 9.97. The first-order chi connectivity index (χ1) is 14.1. The van der Waals surface area contributed by atoms with E-state index in [0.717, 1.165) is 45.6 Å². The van der Waals surface area contributed by atoms with Crippen molar-refractivity contribution < 1.29 is 19.0 Å². The zero-order chi connectivity index (χ0) is 20.2. The van der Waals surface area contributed by atoms with Crippen molar-refractivity contribution >= 4 is 16.7 Å². The van der Waals surface area contributed by atoms with Gasteiger partial charge in [-0.3, -0.25) is 4.79 Å². The van der Waals surface area contributed by atoms with Crippen LogP contribution in [0.5, 0.6) is 17.2 Å². The Hall–Kier alpha value is -3.21. The zero-order valence-corrected chi connectivity index (χ0v) is 16.7. The lowest BCUT2D eigenvalue weighted by Crippen LogP contribution is -2.29. The summed E-state index contributed by atoms with van der Waals surface area (Å²) in [5, 5.41) is 5.24. The first-order valence-corrected chi connectivity index (χ1v) is 9.88. The Labute approximate surface area is 170 Å². The summed E-state index contributed by atoms with van der Waals surface area (Å²) >= 11 is 0. The van der Waals surface area contributed by atoms with E-state index in [9.17, 15) is 4.79 Å². The van der Waals surface area contributed by atoms with Crippen molar-refractivity contribution in [3.8, 4) is 17.2 Å². The Morgan fingerprint density at radius 2 is 1.76 bits per heavy atom. The van der Waals surface area contributed by atoms with E-state index in [4.69, 9.17) is 14.2 Å². The summed E-state index contributed by atoms with van der Waals surface area (Å²) in [6, 6.07) is 18.0. The number of amides is 1. The van der Waals surface area contributed by atoms with Crippen LogP contribution in [-0.2, 0) is 11.2 Å². The van der Waals surface area contributed by atoms with Gasteiger partial charge in [0.05, 0.1) is 13.0 Å². The second kappa shape index (κ2) is 8.43. The molecule has 3 aromatic carbocycles. The van der Waals surface area contributed by atoms with E-state index in [0.29, 0.717) is 19.8 Å². The predicted molar refractivity (Wildman–Crippen MR) is 113 cm³/mol. The van der Waals surface area contributed by atoms with E-state index in [1.54, 1.807) is 7.11 Å². The molecule has 4 rings (SSSR count). The van der Waals surface area contributed by atoms with Gasteiger partial charge in [0.15, 0.2) is 11.5 Å². The largest absolute Gasteiger partial charge is 0.497 e. The van der Waals surface area contributed by atoms with E-state index in [2.05, 4.69) is 11.4 Å². The molecule has 3 aromatic rings. The molecule has 5 nitrogen and oxygen atoms in total. The minimum absolute atomic E-state index is 0.0235. The number of carbonyl (C=O) groups is 1. The highest BCUT2D eigenvalue weighted by atomic mass is 16.6. The van der Waals surface area contributed by atoms with Gasteiger partial charge in [0.25, 0.3) is 0 Å². The molecule has 1 N–H and O–H groups in total. The van der Waals surface area contributed by atoms with Crippen LogP contribution in [0.15, 0.2) is 54.6 Å². The molecule has 0 radical (unpaired) electrons. The van der Waals surface area contributed by atoms with Gasteiger partial charge >= 0.3 is 0 Å². The fourth-order valence-corrected chi connectivity index (χ4v) is 3.52. The normalized spacial score (nSPS) is 13.7. The highest BCUT2D eigenvalue weighted by Gasteiger charge is 2.16. The van der Waals surface area contributed by atoms with Crippen LogP contribution in [0, 0.1) is 0 Å². The number of rotatable bonds is 6. The van der Waals surface area contributed by atoms with Crippen molar-refractivity contribution in [2.75, 3.05) is 26.9 Å². The Morgan fingerprint density at radius 3 is 2.59 bits per heavy atom. The number of benzene rings is 3.